The number of thioether (sulfide) groups is 1. The molecule has 1 rings (SSSR count). The molecule has 6 nitrogen and oxygen atoms in total. The van der Waals surface area contributed by atoms with Gasteiger partial charge in [-0.25, -0.2) is 0 Å². The molecule has 19 heavy (non-hydrogen) atoms. The molecule has 104 valence electrons. The molecule has 7 heteroatoms. The van der Waals surface area contributed by atoms with Crippen LogP contribution in [0.3, 0.4) is 0 Å². The van der Waals surface area contributed by atoms with Gasteiger partial charge in [-0.05, 0) is 32.2 Å². The molecule has 0 bridgehead atoms. The zero-order valence-corrected chi connectivity index (χ0v) is 11.8. The van der Waals surface area contributed by atoms with Crippen molar-refractivity contribution in [2.75, 3.05) is 12.9 Å². The highest BCUT2D eigenvalue weighted by Crippen LogP contribution is 2.28. The average Bonchev–Trinajstić information content (AvgIpc) is 2.37. The molecule has 0 heterocycles. The van der Waals surface area contributed by atoms with Crippen molar-refractivity contribution in [3.63, 3.8) is 0 Å². The number of amides is 1. The minimum absolute atomic E-state index is 0.0954. The number of rotatable bonds is 5. The van der Waals surface area contributed by atoms with Crippen LogP contribution in [0.5, 0.6) is 0 Å². The number of aliphatic hydroxyl groups excluding tert-OH is 1. The first kappa shape index (κ1) is 15.5. The summed E-state index contributed by atoms with van der Waals surface area (Å²) in [4.78, 5) is 22.8. The first-order valence-electron chi connectivity index (χ1n) is 5.56. The lowest BCUT2D eigenvalue weighted by molar-refractivity contribution is -0.387. The molecular weight excluding hydrogens is 268 g/mol. The predicted octanol–water partition coefficient (Wildman–Crippen LogP) is 1.82. The van der Waals surface area contributed by atoms with Crippen LogP contribution in [0.4, 0.5) is 5.69 Å². The molecule has 0 aliphatic rings. The maximum absolute atomic E-state index is 11.9. The third kappa shape index (κ3) is 3.93. The molecule has 0 radical (unpaired) electrons. The molecule has 0 aliphatic carbocycles. The topological polar surface area (TPSA) is 92.5 Å². The minimum Gasteiger partial charge on any atom is -0.394 e. The van der Waals surface area contributed by atoms with E-state index in [-0.39, 0.29) is 17.9 Å². The summed E-state index contributed by atoms with van der Waals surface area (Å²) in [6, 6.07) is 4.32. The van der Waals surface area contributed by atoms with E-state index in [0.717, 1.165) is 0 Å². The molecule has 0 fully saturated rings. The molecule has 0 saturated heterocycles. The SMILES string of the molecule is CSc1ccc(C(=O)NC(C)(C)CO)cc1[N+](=O)[O-]. The van der Waals surface area contributed by atoms with E-state index in [1.54, 1.807) is 26.2 Å². The number of nitro benzene ring substituents is 1. The highest BCUT2D eigenvalue weighted by Gasteiger charge is 2.22. The molecule has 0 aliphatic heterocycles. The summed E-state index contributed by atoms with van der Waals surface area (Å²) in [6.07, 6.45) is 1.73. The molecule has 0 unspecified atom stereocenters. The second kappa shape index (κ2) is 6.03. The van der Waals surface area contributed by atoms with Crippen molar-refractivity contribution >= 4 is 23.4 Å². The van der Waals surface area contributed by atoms with Gasteiger partial charge in [0.2, 0.25) is 0 Å². The molecule has 0 atom stereocenters. The summed E-state index contributed by atoms with van der Waals surface area (Å²) in [5, 5.41) is 22.6. The van der Waals surface area contributed by atoms with Gasteiger partial charge >= 0.3 is 0 Å². The molecule has 1 amide bonds. The van der Waals surface area contributed by atoms with Crippen LogP contribution in [0.1, 0.15) is 24.2 Å². The molecule has 0 spiro atoms. The number of nitrogens with one attached hydrogen (secondary N) is 1. The van der Waals surface area contributed by atoms with Gasteiger partial charge in [-0.3, -0.25) is 14.9 Å². The van der Waals surface area contributed by atoms with Gasteiger partial charge < -0.3 is 10.4 Å². The Bertz CT molecular complexity index is 503. The van der Waals surface area contributed by atoms with E-state index in [9.17, 15) is 14.9 Å². The summed E-state index contributed by atoms with van der Waals surface area (Å²) in [5.74, 6) is -0.449. The van der Waals surface area contributed by atoms with Gasteiger partial charge in [0.15, 0.2) is 0 Å². The first-order chi connectivity index (χ1) is 8.80. The highest BCUT2D eigenvalue weighted by atomic mass is 32.2. The van der Waals surface area contributed by atoms with Crippen LogP contribution >= 0.6 is 11.8 Å². The lowest BCUT2D eigenvalue weighted by Gasteiger charge is -2.23. The monoisotopic (exact) mass is 284 g/mol. The number of benzene rings is 1. The second-order valence-electron chi connectivity index (χ2n) is 4.64. The van der Waals surface area contributed by atoms with E-state index in [4.69, 9.17) is 5.11 Å². The molecule has 0 aromatic heterocycles. The second-order valence-corrected chi connectivity index (χ2v) is 5.49. The van der Waals surface area contributed by atoms with Crippen LogP contribution in [-0.4, -0.2) is 34.3 Å². The van der Waals surface area contributed by atoms with Crippen LogP contribution < -0.4 is 5.32 Å². The molecule has 1 aromatic rings. The van der Waals surface area contributed by atoms with Crippen molar-refractivity contribution in [1.82, 2.24) is 5.32 Å². The van der Waals surface area contributed by atoms with Crippen molar-refractivity contribution in [3.05, 3.63) is 33.9 Å². The number of aliphatic hydroxyl groups is 1. The van der Waals surface area contributed by atoms with Crippen molar-refractivity contribution in [2.45, 2.75) is 24.3 Å². The Morgan fingerprint density at radius 3 is 2.63 bits per heavy atom. The van der Waals surface area contributed by atoms with E-state index in [1.165, 1.54) is 23.9 Å². The number of nitrogens with zero attached hydrogens (tertiary/aromatic N) is 1. The highest BCUT2D eigenvalue weighted by molar-refractivity contribution is 7.98. The van der Waals surface area contributed by atoms with E-state index in [2.05, 4.69) is 5.32 Å². The summed E-state index contributed by atoms with van der Waals surface area (Å²) >= 11 is 1.25. The molecular formula is C12H16N2O4S. The average molecular weight is 284 g/mol. The zero-order chi connectivity index (χ0) is 14.6. The Morgan fingerprint density at radius 2 is 2.16 bits per heavy atom. The van der Waals surface area contributed by atoms with Crippen LogP contribution in [0.15, 0.2) is 23.1 Å². The van der Waals surface area contributed by atoms with Crippen LogP contribution in [-0.2, 0) is 0 Å². The van der Waals surface area contributed by atoms with Crippen molar-refractivity contribution in [2.24, 2.45) is 0 Å². The number of hydrogen-bond acceptors (Lipinski definition) is 5. The van der Waals surface area contributed by atoms with Gasteiger partial charge in [-0.2, -0.15) is 0 Å². The molecule has 2 N–H and O–H groups in total. The summed E-state index contributed by atoms with van der Waals surface area (Å²) in [6.45, 7) is 3.11. The molecule has 0 saturated carbocycles. The summed E-state index contributed by atoms with van der Waals surface area (Å²) in [5.41, 5.74) is -0.669. The number of carbonyl (C=O) groups excluding carboxylic acids is 1. The Morgan fingerprint density at radius 1 is 1.53 bits per heavy atom. The fraction of sp³-hybridized carbons (Fsp3) is 0.417. The van der Waals surface area contributed by atoms with Gasteiger partial charge in [0.25, 0.3) is 11.6 Å². The fourth-order valence-electron chi connectivity index (χ4n) is 1.39. The Kier molecular flexibility index (Phi) is 4.90. The number of hydrogen-bond donors (Lipinski definition) is 2. The maximum Gasteiger partial charge on any atom is 0.283 e. The van der Waals surface area contributed by atoms with Gasteiger partial charge in [-0.1, -0.05) is 0 Å². The first-order valence-corrected chi connectivity index (χ1v) is 6.79. The van der Waals surface area contributed by atoms with Crippen LogP contribution in [0.25, 0.3) is 0 Å². The number of nitro groups is 1. The third-order valence-electron chi connectivity index (χ3n) is 2.48. The lowest BCUT2D eigenvalue weighted by Crippen LogP contribution is -2.46. The van der Waals surface area contributed by atoms with Crippen molar-refractivity contribution in [3.8, 4) is 0 Å². The Balaban J connectivity index is 3.06. The van der Waals surface area contributed by atoms with Crippen molar-refractivity contribution in [1.29, 1.82) is 0 Å². The minimum atomic E-state index is -0.774. The number of carbonyl (C=O) groups is 1. The van der Waals surface area contributed by atoms with Crippen LogP contribution in [0.2, 0.25) is 0 Å². The van der Waals surface area contributed by atoms with Gasteiger partial charge in [-0.15, -0.1) is 11.8 Å². The quantitative estimate of drug-likeness (QED) is 0.489. The van der Waals surface area contributed by atoms with E-state index < -0.39 is 16.4 Å². The van der Waals surface area contributed by atoms with Crippen LogP contribution in [0, 0.1) is 10.1 Å². The van der Waals surface area contributed by atoms with Gasteiger partial charge in [0.05, 0.1) is 22.0 Å². The summed E-state index contributed by atoms with van der Waals surface area (Å²) in [7, 11) is 0. The Labute approximate surface area is 115 Å². The van der Waals surface area contributed by atoms with E-state index in [0.29, 0.717) is 4.90 Å². The predicted molar refractivity (Wildman–Crippen MR) is 73.5 cm³/mol. The maximum atomic E-state index is 11.9. The lowest BCUT2D eigenvalue weighted by atomic mass is 10.1. The van der Waals surface area contributed by atoms with E-state index in [1.807, 2.05) is 0 Å². The zero-order valence-electron chi connectivity index (χ0n) is 11.0. The normalized spacial score (nSPS) is 11.2. The smallest absolute Gasteiger partial charge is 0.283 e. The fourth-order valence-corrected chi connectivity index (χ4v) is 1.94. The third-order valence-corrected chi connectivity index (χ3v) is 3.27. The Hall–Kier alpha value is -1.60. The summed E-state index contributed by atoms with van der Waals surface area (Å²) < 4.78 is 0. The van der Waals surface area contributed by atoms with Gasteiger partial charge in [0.1, 0.15) is 0 Å². The standard InChI is InChI=1S/C12H16N2O4S/c1-12(2,7-15)13-11(16)8-4-5-10(19-3)9(6-8)14(17)18/h4-6,15H,7H2,1-3H3,(H,13,16). The largest absolute Gasteiger partial charge is 0.394 e. The molecule has 1 aromatic carbocycles. The van der Waals surface area contributed by atoms with Crippen molar-refractivity contribution < 1.29 is 14.8 Å². The van der Waals surface area contributed by atoms with Gasteiger partial charge in [0, 0.05) is 11.6 Å². The van der Waals surface area contributed by atoms with E-state index >= 15 is 0 Å².